The van der Waals surface area contributed by atoms with Crippen molar-refractivity contribution in [2.45, 2.75) is 18.2 Å². The van der Waals surface area contributed by atoms with E-state index in [1.165, 1.54) is 0 Å². The third-order valence-corrected chi connectivity index (χ3v) is 2.72. The highest BCUT2D eigenvalue weighted by molar-refractivity contribution is 9.08. The number of nitriles is 1. The largest absolute Gasteiger partial charge is 0.265 e. The molecule has 0 aliphatic rings. The van der Waals surface area contributed by atoms with E-state index in [2.05, 4.69) is 20.9 Å². The summed E-state index contributed by atoms with van der Waals surface area (Å²) in [6.45, 7) is 0. The smallest absolute Gasteiger partial charge is 0.258 e. The number of pyridine rings is 1. The highest BCUT2D eigenvalue weighted by Crippen LogP contribution is 2.32. The van der Waals surface area contributed by atoms with Crippen molar-refractivity contribution in [3.8, 4) is 6.07 Å². The number of hydrogen-bond acceptors (Lipinski definition) is 2. The van der Waals surface area contributed by atoms with E-state index in [1.54, 1.807) is 0 Å². The van der Waals surface area contributed by atoms with Gasteiger partial charge in [-0.3, -0.25) is 4.98 Å². The van der Waals surface area contributed by atoms with Gasteiger partial charge in [0.15, 0.2) is 0 Å². The van der Waals surface area contributed by atoms with E-state index >= 15 is 0 Å². The Morgan fingerprint density at radius 2 is 2.27 bits per heavy atom. The maximum Gasteiger partial charge on any atom is 0.265 e. The fourth-order valence-corrected chi connectivity index (χ4v) is 2.06. The summed E-state index contributed by atoms with van der Waals surface area (Å²) in [4.78, 5) is 3.86. The summed E-state index contributed by atoms with van der Waals surface area (Å²) in [6, 6.07) is 1.87. The quantitative estimate of drug-likeness (QED) is 0.798. The SMILES string of the molecule is N#CCc1ncc(Cl)c(C(F)F)c1CBr. The van der Waals surface area contributed by atoms with Crippen LogP contribution in [0.4, 0.5) is 8.78 Å². The molecule has 0 N–H and O–H groups in total. The van der Waals surface area contributed by atoms with Crippen molar-refractivity contribution in [1.29, 1.82) is 5.26 Å². The van der Waals surface area contributed by atoms with Gasteiger partial charge in [-0.05, 0) is 5.56 Å². The first kappa shape index (κ1) is 12.3. The molecule has 0 atom stereocenters. The Morgan fingerprint density at radius 3 is 2.73 bits per heavy atom. The Bertz CT molecular complexity index is 404. The molecule has 0 fully saturated rings. The van der Waals surface area contributed by atoms with Gasteiger partial charge in [0.25, 0.3) is 6.43 Å². The molecule has 0 aromatic carbocycles. The molecule has 6 heteroatoms. The summed E-state index contributed by atoms with van der Waals surface area (Å²) < 4.78 is 25.4. The third-order valence-electron chi connectivity index (χ3n) is 1.86. The summed E-state index contributed by atoms with van der Waals surface area (Å²) in [5.74, 6) is 0. The van der Waals surface area contributed by atoms with Crippen LogP contribution in [0, 0.1) is 11.3 Å². The Kier molecular flexibility index (Phi) is 4.43. The Morgan fingerprint density at radius 1 is 1.60 bits per heavy atom. The molecule has 0 radical (unpaired) electrons. The third kappa shape index (κ3) is 2.64. The van der Waals surface area contributed by atoms with E-state index in [0.717, 1.165) is 6.20 Å². The number of alkyl halides is 3. The van der Waals surface area contributed by atoms with Crippen LogP contribution in [0.15, 0.2) is 6.20 Å². The van der Waals surface area contributed by atoms with E-state index in [4.69, 9.17) is 16.9 Å². The second-order valence-electron chi connectivity index (χ2n) is 2.71. The minimum absolute atomic E-state index is 0.00216. The van der Waals surface area contributed by atoms with E-state index in [9.17, 15) is 8.78 Å². The zero-order valence-corrected chi connectivity index (χ0v) is 9.82. The lowest BCUT2D eigenvalue weighted by atomic mass is 10.1. The first-order valence-electron chi connectivity index (χ1n) is 3.99. The lowest BCUT2D eigenvalue weighted by Crippen LogP contribution is -2.02. The second kappa shape index (κ2) is 5.38. The van der Waals surface area contributed by atoms with Crippen molar-refractivity contribution in [1.82, 2.24) is 4.98 Å². The normalized spacial score (nSPS) is 10.4. The maximum absolute atomic E-state index is 12.7. The summed E-state index contributed by atoms with van der Waals surface area (Å²) >= 11 is 8.72. The van der Waals surface area contributed by atoms with E-state index < -0.39 is 6.43 Å². The zero-order chi connectivity index (χ0) is 11.4. The molecule has 1 aromatic rings. The molecule has 0 saturated carbocycles. The van der Waals surface area contributed by atoms with Crippen molar-refractivity contribution in [2.24, 2.45) is 0 Å². The average Bonchev–Trinajstić information content (AvgIpc) is 2.19. The second-order valence-corrected chi connectivity index (χ2v) is 3.68. The number of rotatable bonds is 3. The first-order valence-corrected chi connectivity index (χ1v) is 5.49. The van der Waals surface area contributed by atoms with E-state index in [-0.39, 0.29) is 22.3 Å². The fourth-order valence-electron chi connectivity index (χ4n) is 1.19. The van der Waals surface area contributed by atoms with Crippen LogP contribution in [-0.2, 0) is 11.8 Å². The molecule has 0 saturated heterocycles. The standard InChI is InChI=1S/C9H6BrClF2N2/c10-3-5-7(1-2-14)15-4-6(11)8(5)9(12)13/h4,9H,1,3H2. The first-order chi connectivity index (χ1) is 7.11. The van der Waals surface area contributed by atoms with Crippen LogP contribution in [0.3, 0.4) is 0 Å². The predicted molar refractivity (Wildman–Crippen MR) is 56.2 cm³/mol. The summed E-state index contributed by atoms with van der Waals surface area (Å²) in [5, 5.41) is 8.65. The molecule has 15 heavy (non-hydrogen) atoms. The summed E-state index contributed by atoms with van der Waals surface area (Å²) in [6.07, 6.45) is -1.51. The molecule has 1 heterocycles. The van der Waals surface area contributed by atoms with E-state index in [1.807, 2.05) is 6.07 Å². The number of nitrogens with zero attached hydrogens (tertiary/aromatic N) is 2. The molecular weight excluding hydrogens is 289 g/mol. The molecule has 0 aliphatic heterocycles. The number of hydrogen-bond donors (Lipinski definition) is 0. The van der Waals surface area contributed by atoms with Gasteiger partial charge in [-0.15, -0.1) is 0 Å². The van der Waals surface area contributed by atoms with Gasteiger partial charge in [-0.2, -0.15) is 5.26 Å². The van der Waals surface area contributed by atoms with Gasteiger partial charge >= 0.3 is 0 Å². The van der Waals surface area contributed by atoms with Crippen LogP contribution in [0.1, 0.15) is 23.2 Å². The molecule has 0 spiro atoms. The molecule has 0 amide bonds. The van der Waals surface area contributed by atoms with Crippen LogP contribution in [0.5, 0.6) is 0 Å². The fraction of sp³-hybridized carbons (Fsp3) is 0.333. The lowest BCUT2D eigenvalue weighted by molar-refractivity contribution is 0.150. The molecule has 0 aliphatic carbocycles. The van der Waals surface area contributed by atoms with Crippen molar-refractivity contribution < 1.29 is 8.78 Å². The highest BCUT2D eigenvalue weighted by Gasteiger charge is 2.20. The van der Waals surface area contributed by atoms with Crippen molar-refractivity contribution in [3.63, 3.8) is 0 Å². The molecule has 0 bridgehead atoms. The number of aromatic nitrogens is 1. The van der Waals surface area contributed by atoms with Crippen LogP contribution in [0.25, 0.3) is 0 Å². The molecular formula is C9H6BrClF2N2. The molecule has 1 rings (SSSR count). The Balaban J connectivity index is 3.34. The van der Waals surface area contributed by atoms with Crippen molar-refractivity contribution in [2.75, 3.05) is 0 Å². The predicted octanol–water partition coefficient (Wildman–Crippen LogP) is 3.63. The Hall–Kier alpha value is -0.730. The van der Waals surface area contributed by atoms with Gasteiger partial charge in [0, 0.05) is 17.1 Å². The minimum atomic E-state index is -2.66. The van der Waals surface area contributed by atoms with Gasteiger partial charge in [0.2, 0.25) is 0 Å². The molecule has 80 valence electrons. The van der Waals surface area contributed by atoms with Gasteiger partial charge in [0.1, 0.15) is 0 Å². The van der Waals surface area contributed by atoms with Gasteiger partial charge in [0.05, 0.1) is 23.2 Å². The summed E-state index contributed by atoms with van der Waals surface area (Å²) in [7, 11) is 0. The van der Waals surface area contributed by atoms with Gasteiger partial charge in [-0.1, -0.05) is 27.5 Å². The zero-order valence-electron chi connectivity index (χ0n) is 7.48. The average molecular weight is 296 g/mol. The highest BCUT2D eigenvalue weighted by atomic mass is 79.9. The maximum atomic E-state index is 12.7. The number of halogens is 4. The molecule has 1 aromatic heterocycles. The Labute approximate surface area is 99.0 Å². The van der Waals surface area contributed by atoms with Gasteiger partial charge in [-0.25, -0.2) is 8.78 Å². The van der Waals surface area contributed by atoms with Crippen LogP contribution < -0.4 is 0 Å². The van der Waals surface area contributed by atoms with Crippen LogP contribution in [-0.4, -0.2) is 4.98 Å². The van der Waals surface area contributed by atoms with E-state index in [0.29, 0.717) is 11.3 Å². The lowest BCUT2D eigenvalue weighted by Gasteiger charge is -2.11. The monoisotopic (exact) mass is 294 g/mol. The molecule has 2 nitrogen and oxygen atoms in total. The summed E-state index contributed by atoms with van der Waals surface area (Å²) in [5.41, 5.74) is 0.405. The van der Waals surface area contributed by atoms with Crippen LogP contribution in [0.2, 0.25) is 5.02 Å². The minimum Gasteiger partial charge on any atom is -0.258 e. The van der Waals surface area contributed by atoms with Crippen LogP contribution >= 0.6 is 27.5 Å². The van der Waals surface area contributed by atoms with Gasteiger partial charge < -0.3 is 0 Å². The topological polar surface area (TPSA) is 36.7 Å². The van der Waals surface area contributed by atoms with Crippen molar-refractivity contribution >= 4 is 27.5 Å². The van der Waals surface area contributed by atoms with Crippen molar-refractivity contribution in [3.05, 3.63) is 28.0 Å². The molecule has 0 unspecified atom stereocenters.